The van der Waals surface area contributed by atoms with Crippen LogP contribution >= 0.6 is 34.3 Å². The molecule has 0 aliphatic heterocycles. The molecule has 4 nitrogen and oxygen atoms in total. The van der Waals surface area contributed by atoms with Gasteiger partial charge < -0.3 is 4.74 Å². The van der Waals surface area contributed by atoms with Gasteiger partial charge in [0.15, 0.2) is 5.13 Å². The largest absolute Gasteiger partial charge is 0.497 e. The fourth-order valence-corrected chi connectivity index (χ4v) is 4.33. The van der Waals surface area contributed by atoms with Crippen molar-refractivity contribution in [2.45, 2.75) is 19.8 Å². The Kier molecular flexibility index (Phi) is 4.57. The van der Waals surface area contributed by atoms with Gasteiger partial charge in [0.2, 0.25) is 0 Å². The molecule has 3 rings (SSSR count). The Morgan fingerprint density at radius 3 is 2.83 bits per heavy atom. The minimum absolute atomic E-state index is 0.236. The van der Waals surface area contributed by atoms with Gasteiger partial charge in [0.05, 0.1) is 17.8 Å². The van der Waals surface area contributed by atoms with Gasteiger partial charge in [-0.2, -0.15) is 0 Å². The summed E-state index contributed by atoms with van der Waals surface area (Å²) in [6.07, 6.45) is 0. The third kappa shape index (κ3) is 3.20. The number of benzene rings is 1. The number of fused-ring (bicyclic) bond motifs is 1. The van der Waals surface area contributed by atoms with E-state index in [1.165, 1.54) is 22.7 Å². The third-order valence-corrected chi connectivity index (χ3v) is 5.82. The lowest BCUT2D eigenvalue weighted by molar-refractivity contribution is 0.103. The van der Waals surface area contributed by atoms with Crippen molar-refractivity contribution in [3.8, 4) is 5.75 Å². The third-order valence-electron chi connectivity index (χ3n) is 3.37. The Morgan fingerprint density at radius 1 is 1.39 bits per heavy atom. The van der Waals surface area contributed by atoms with Crippen molar-refractivity contribution >= 4 is 55.4 Å². The first kappa shape index (κ1) is 16.2. The molecule has 1 amide bonds. The Hall–Kier alpha value is -1.63. The summed E-state index contributed by atoms with van der Waals surface area (Å²) in [5.74, 6) is 0.808. The highest BCUT2D eigenvalue weighted by Crippen LogP contribution is 2.37. The number of methoxy groups -OCH3 is 1. The summed E-state index contributed by atoms with van der Waals surface area (Å²) in [4.78, 5) is 17.4. The minimum Gasteiger partial charge on any atom is -0.497 e. The summed E-state index contributed by atoms with van der Waals surface area (Å²) >= 11 is 9.16. The van der Waals surface area contributed by atoms with E-state index in [0.717, 1.165) is 15.8 Å². The average Bonchev–Trinajstić information content (AvgIpc) is 3.12. The van der Waals surface area contributed by atoms with Crippen LogP contribution in [0, 0.1) is 0 Å². The van der Waals surface area contributed by atoms with Crippen molar-refractivity contribution in [2.24, 2.45) is 0 Å². The number of carbonyl (C=O) groups excluding carboxylic acids is 1. The van der Waals surface area contributed by atoms with Crippen LogP contribution in [0.5, 0.6) is 5.75 Å². The Balaban J connectivity index is 1.89. The van der Waals surface area contributed by atoms with Crippen LogP contribution in [-0.4, -0.2) is 18.0 Å². The summed E-state index contributed by atoms with van der Waals surface area (Å²) < 4.78 is 6.15. The van der Waals surface area contributed by atoms with Crippen LogP contribution in [0.1, 0.15) is 35.1 Å². The summed E-state index contributed by atoms with van der Waals surface area (Å²) in [6, 6.07) is 5.60. The number of nitrogens with zero attached hydrogens (tertiary/aromatic N) is 1. The zero-order valence-electron chi connectivity index (χ0n) is 12.8. The van der Waals surface area contributed by atoms with E-state index in [9.17, 15) is 4.79 Å². The lowest BCUT2D eigenvalue weighted by Gasteiger charge is -2.00. The van der Waals surface area contributed by atoms with Crippen LogP contribution < -0.4 is 10.1 Å². The summed E-state index contributed by atoms with van der Waals surface area (Å²) in [5.41, 5.74) is 0.970. The molecule has 0 fully saturated rings. The van der Waals surface area contributed by atoms with Crippen molar-refractivity contribution in [1.82, 2.24) is 4.98 Å². The lowest BCUT2D eigenvalue weighted by atomic mass is 10.2. The van der Waals surface area contributed by atoms with Gasteiger partial charge in [0, 0.05) is 15.5 Å². The maximum Gasteiger partial charge on any atom is 0.269 e. The van der Waals surface area contributed by atoms with Crippen LogP contribution in [0.4, 0.5) is 5.13 Å². The van der Waals surface area contributed by atoms with Crippen LogP contribution in [0.25, 0.3) is 10.1 Å². The van der Waals surface area contributed by atoms with Gasteiger partial charge in [-0.05, 0) is 24.1 Å². The monoisotopic (exact) mass is 366 g/mol. The van der Waals surface area contributed by atoms with Crippen molar-refractivity contribution in [2.75, 3.05) is 12.4 Å². The second kappa shape index (κ2) is 6.47. The van der Waals surface area contributed by atoms with Gasteiger partial charge in [-0.3, -0.25) is 10.1 Å². The highest BCUT2D eigenvalue weighted by molar-refractivity contribution is 7.21. The molecule has 0 bridgehead atoms. The molecule has 0 saturated carbocycles. The quantitative estimate of drug-likeness (QED) is 0.672. The summed E-state index contributed by atoms with van der Waals surface area (Å²) in [7, 11) is 1.60. The first-order valence-electron chi connectivity index (χ1n) is 7.02. The second-order valence-corrected chi connectivity index (χ2v) is 7.58. The van der Waals surface area contributed by atoms with E-state index in [0.29, 0.717) is 26.7 Å². The average molecular weight is 367 g/mol. The highest BCUT2D eigenvalue weighted by Gasteiger charge is 2.19. The van der Waals surface area contributed by atoms with Crippen LogP contribution in [0.3, 0.4) is 0 Å². The molecule has 0 atom stereocenters. The number of halogens is 1. The van der Waals surface area contributed by atoms with Gasteiger partial charge in [-0.1, -0.05) is 25.4 Å². The molecule has 0 radical (unpaired) electrons. The van der Waals surface area contributed by atoms with Crippen LogP contribution in [0.15, 0.2) is 23.6 Å². The molecular formula is C16H15ClN2O2S2. The molecule has 120 valence electrons. The molecular weight excluding hydrogens is 352 g/mol. The first-order valence-corrected chi connectivity index (χ1v) is 9.09. The number of thiophene rings is 1. The van der Waals surface area contributed by atoms with E-state index in [1.807, 2.05) is 23.6 Å². The summed E-state index contributed by atoms with van der Waals surface area (Å²) in [6.45, 7) is 4.13. The number of thiazole rings is 1. The Bertz CT molecular complexity index is 870. The van der Waals surface area contributed by atoms with E-state index in [2.05, 4.69) is 24.1 Å². The molecule has 0 saturated heterocycles. The number of hydrogen-bond acceptors (Lipinski definition) is 5. The number of anilines is 1. The highest BCUT2D eigenvalue weighted by atomic mass is 35.5. The Morgan fingerprint density at radius 2 is 2.17 bits per heavy atom. The van der Waals surface area contributed by atoms with Gasteiger partial charge in [0.1, 0.15) is 10.6 Å². The predicted molar refractivity (Wildman–Crippen MR) is 97.5 cm³/mol. The van der Waals surface area contributed by atoms with Gasteiger partial charge >= 0.3 is 0 Å². The molecule has 0 spiro atoms. The van der Waals surface area contributed by atoms with E-state index >= 15 is 0 Å². The Labute approximate surface area is 147 Å². The van der Waals surface area contributed by atoms with Crippen molar-refractivity contribution in [3.05, 3.63) is 39.2 Å². The first-order chi connectivity index (χ1) is 11.0. The van der Waals surface area contributed by atoms with Crippen LogP contribution in [0.2, 0.25) is 5.02 Å². The second-order valence-electron chi connectivity index (χ2n) is 5.29. The predicted octanol–water partition coefficient (Wildman–Crippen LogP) is 5.40. The number of rotatable bonds is 4. The molecule has 1 N–H and O–H groups in total. The molecule has 3 aromatic rings. The zero-order chi connectivity index (χ0) is 16.6. The zero-order valence-corrected chi connectivity index (χ0v) is 15.2. The smallest absolute Gasteiger partial charge is 0.269 e. The SMILES string of the molecule is COc1ccc2sc(C(=O)Nc3nc(C(C)C)cs3)c(Cl)c2c1. The maximum atomic E-state index is 12.5. The number of hydrogen-bond donors (Lipinski definition) is 1. The molecule has 2 heterocycles. The summed E-state index contributed by atoms with van der Waals surface area (Å²) in [5, 5.41) is 6.64. The molecule has 0 aliphatic rings. The van der Waals surface area contributed by atoms with E-state index in [1.54, 1.807) is 7.11 Å². The standard InChI is InChI=1S/C16H15ClN2O2S2/c1-8(2)11-7-22-16(18-11)19-15(20)14-13(17)10-6-9(21-3)4-5-12(10)23-14/h4-8H,1-3H3,(H,18,19,20). The topological polar surface area (TPSA) is 51.2 Å². The maximum absolute atomic E-state index is 12.5. The normalized spacial score (nSPS) is 11.2. The minimum atomic E-state index is -0.236. The van der Waals surface area contributed by atoms with Crippen molar-refractivity contribution < 1.29 is 9.53 Å². The van der Waals surface area contributed by atoms with E-state index < -0.39 is 0 Å². The van der Waals surface area contributed by atoms with E-state index in [4.69, 9.17) is 16.3 Å². The lowest BCUT2D eigenvalue weighted by Crippen LogP contribution is -2.10. The number of amides is 1. The molecule has 7 heteroatoms. The van der Waals surface area contributed by atoms with Gasteiger partial charge in [-0.15, -0.1) is 22.7 Å². The fourth-order valence-electron chi connectivity index (χ4n) is 2.08. The molecule has 23 heavy (non-hydrogen) atoms. The van der Waals surface area contributed by atoms with E-state index in [-0.39, 0.29) is 5.91 Å². The number of aromatic nitrogens is 1. The number of ether oxygens (including phenoxy) is 1. The van der Waals surface area contributed by atoms with Crippen LogP contribution in [-0.2, 0) is 0 Å². The van der Waals surface area contributed by atoms with Crippen molar-refractivity contribution in [1.29, 1.82) is 0 Å². The van der Waals surface area contributed by atoms with Gasteiger partial charge in [-0.25, -0.2) is 4.98 Å². The van der Waals surface area contributed by atoms with Crippen molar-refractivity contribution in [3.63, 3.8) is 0 Å². The number of nitrogens with one attached hydrogen (secondary N) is 1. The molecule has 0 unspecified atom stereocenters. The van der Waals surface area contributed by atoms with Gasteiger partial charge in [0.25, 0.3) is 5.91 Å². The number of carbonyl (C=O) groups is 1. The fraction of sp³-hybridized carbons (Fsp3) is 0.250. The molecule has 0 aliphatic carbocycles. The molecule has 1 aromatic carbocycles. The molecule has 2 aromatic heterocycles.